The molecule has 3 rings (SSSR count). The van der Waals surface area contributed by atoms with E-state index < -0.39 is 0 Å². The van der Waals surface area contributed by atoms with Gasteiger partial charge in [0.15, 0.2) is 17.3 Å². The molecule has 0 unspecified atom stereocenters. The molecule has 4 nitrogen and oxygen atoms in total. The standard InChI is InChI=1S/C21H23NO3/c1-16-5-7-17(8-6-16)15-25-20-10-9-18(12-21(20)23-2)13-22-14-19-4-3-11-24-19/h3-12,22H,13-15H2,1-2H3/p+1. The van der Waals surface area contributed by atoms with Gasteiger partial charge in [-0.2, -0.15) is 0 Å². The summed E-state index contributed by atoms with van der Waals surface area (Å²) < 4.78 is 16.8. The number of methoxy groups -OCH3 is 1. The Balaban J connectivity index is 1.57. The van der Waals surface area contributed by atoms with Gasteiger partial charge in [-0.05, 0) is 42.8 Å². The number of furan rings is 1. The van der Waals surface area contributed by atoms with E-state index in [1.54, 1.807) is 13.4 Å². The quantitative estimate of drug-likeness (QED) is 0.684. The van der Waals surface area contributed by atoms with E-state index in [0.29, 0.717) is 6.61 Å². The minimum Gasteiger partial charge on any atom is -0.493 e. The van der Waals surface area contributed by atoms with Crippen LogP contribution >= 0.6 is 0 Å². The summed E-state index contributed by atoms with van der Waals surface area (Å²) in [7, 11) is 1.67. The topological polar surface area (TPSA) is 48.2 Å². The van der Waals surface area contributed by atoms with Gasteiger partial charge in [-0.1, -0.05) is 29.8 Å². The fourth-order valence-electron chi connectivity index (χ4n) is 2.61. The summed E-state index contributed by atoms with van der Waals surface area (Å²) in [5, 5.41) is 2.19. The summed E-state index contributed by atoms with van der Waals surface area (Å²) in [6.45, 7) is 4.28. The maximum atomic E-state index is 5.92. The highest BCUT2D eigenvalue weighted by Gasteiger charge is 2.08. The van der Waals surface area contributed by atoms with Crippen LogP contribution in [0.3, 0.4) is 0 Å². The van der Waals surface area contributed by atoms with Crippen molar-refractivity contribution < 1.29 is 19.2 Å². The second-order valence-corrected chi connectivity index (χ2v) is 6.04. The molecule has 25 heavy (non-hydrogen) atoms. The van der Waals surface area contributed by atoms with Crippen LogP contribution in [0, 0.1) is 6.92 Å². The van der Waals surface area contributed by atoms with Crippen LogP contribution in [0.4, 0.5) is 0 Å². The summed E-state index contributed by atoms with van der Waals surface area (Å²) in [6.07, 6.45) is 1.70. The zero-order valence-electron chi connectivity index (χ0n) is 14.7. The highest BCUT2D eigenvalue weighted by Crippen LogP contribution is 2.28. The van der Waals surface area contributed by atoms with Crippen LogP contribution in [0.1, 0.15) is 22.5 Å². The van der Waals surface area contributed by atoms with E-state index in [1.165, 1.54) is 11.1 Å². The lowest BCUT2D eigenvalue weighted by atomic mass is 10.1. The number of hydrogen-bond donors (Lipinski definition) is 1. The average Bonchev–Trinajstić information content (AvgIpc) is 3.15. The molecule has 0 saturated heterocycles. The Morgan fingerprint density at radius 1 is 0.920 bits per heavy atom. The third kappa shape index (κ3) is 4.88. The molecule has 0 amide bonds. The molecule has 4 heteroatoms. The Hall–Kier alpha value is -2.72. The van der Waals surface area contributed by atoms with Gasteiger partial charge in [0.2, 0.25) is 0 Å². The third-order valence-electron chi connectivity index (χ3n) is 4.05. The van der Waals surface area contributed by atoms with Crippen molar-refractivity contribution in [3.8, 4) is 11.5 Å². The van der Waals surface area contributed by atoms with E-state index in [2.05, 4.69) is 42.6 Å². The first-order valence-corrected chi connectivity index (χ1v) is 8.44. The van der Waals surface area contributed by atoms with E-state index in [1.807, 2.05) is 24.3 Å². The maximum Gasteiger partial charge on any atom is 0.161 e. The van der Waals surface area contributed by atoms with Crippen LogP contribution in [0.2, 0.25) is 0 Å². The molecule has 0 aliphatic rings. The van der Waals surface area contributed by atoms with Crippen molar-refractivity contribution in [2.24, 2.45) is 0 Å². The van der Waals surface area contributed by atoms with Gasteiger partial charge < -0.3 is 19.2 Å². The molecule has 0 aliphatic carbocycles. The first kappa shape index (κ1) is 17.1. The van der Waals surface area contributed by atoms with Gasteiger partial charge in [0.25, 0.3) is 0 Å². The van der Waals surface area contributed by atoms with E-state index in [0.717, 1.165) is 35.9 Å². The lowest BCUT2D eigenvalue weighted by molar-refractivity contribution is -0.688. The minimum atomic E-state index is 0.528. The molecule has 130 valence electrons. The van der Waals surface area contributed by atoms with Crippen molar-refractivity contribution >= 4 is 0 Å². The summed E-state index contributed by atoms with van der Waals surface area (Å²) in [5.74, 6) is 2.50. The number of nitrogens with two attached hydrogens (primary N) is 1. The van der Waals surface area contributed by atoms with Crippen molar-refractivity contribution in [3.63, 3.8) is 0 Å². The predicted molar refractivity (Wildman–Crippen MR) is 96.5 cm³/mol. The van der Waals surface area contributed by atoms with Gasteiger partial charge in [0.05, 0.1) is 13.4 Å². The summed E-state index contributed by atoms with van der Waals surface area (Å²) in [5.41, 5.74) is 3.58. The molecule has 1 aromatic heterocycles. The Morgan fingerprint density at radius 3 is 2.44 bits per heavy atom. The minimum absolute atomic E-state index is 0.528. The van der Waals surface area contributed by atoms with E-state index in [-0.39, 0.29) is 0 Å². The van der Waals surface area contributed by atoms with E-state index in [4.69, 9.17) is 13.9 Å². The lowest BCUT2D eigenvalue weighted by Crippen LogP contribution is -2.80. The largest absolute Gasteiger partial charge is 0.493 e. The third-order valence-corrected chi connectivity index (χ3v) is 4.05. The molecule has 0 radical (unpaired) electrons. The molecule has 0 saturated carbocycles. The molecule has 0 fully saturated rings. The Labute approximate surface area is 148 Å². The number of aryl methyl sites for hydroxylation is 1. The average molecular weight is 338 g/mol. The first-order valence-electron chi connectivity index (χ1n) is 8.44. The van der Waals surface area contributed by atoms with Crippen molar-refractivity contribution in [2.75, 3.05) is 7.11 Å². The summed E-state index contributed by atoms with van der Waals surface area (Å²) in [4.78, 5) is 0. The highest BCUT2D eigenvalue weighted by atomic mass is 16.5. The van der Waals surface area contributed by atoms with Gasteiger partial charge in [-0.25, -0.2) is 0 Å². The Kier molecular flexibility index (Phi) is 5.75. The molecular weight excluding hydrogens is 314 g/mol. The second kappa shape index (κ2) is 8.40. The summed E-state index contributed by atoms with van der Waals surface area (Å²) in [6, 6.07) is 18.3. The fourth-order valence-corrected chi connectivity index (χ4v) is 2.61. The van der Waals surface area contributed by atoms with Crippen LogP contribution in [0.5, 0.6) is 11.5 Å². The monoisotopic (exact) mass is 338 g/mol. The van der Waals surface area contributed by atoms with Crippen molar-refractivity contribution in [3.05, 3.63) is 83.3 Å². The molecule has 0 atom stereocenters. The smallest absolute Gasteiger partial charge is 0.161 e. The number of rotatable bonds is 8. The predicted octanol–water partition coefficient (Wildman–Crippen LogP) is 3.44. The molecule has 0 spiro atoms. The lowest BCUT2D eigenvalue weighted by Gasteiger charge is -2.12. The molecule has 2 N–H and O–H groups in total. The number of quaternary nitrogens is 1. The molecule has 0 aliphatic heterocycles. The molecule has 2 aromatic carbocycles. The van der Waals surface area contributed by atoms with Crippen molar-refractivity contribution in [1.82, 2.24) is 0 Å². The number of ether oxygens (including phenoxy) is 2. The van der Waals surface area contributed by atoms with Crippen LogP contribution in [-0.2, 0) is 19.7 Å². The van der Waals surface area contributed by atoms with E-state index in [9.17, 15) is 0 Å². The summed E-state index contributed by atoms with van der Waals surface area (Å²) >= 11 is 0. The molecule has 0 bridgehead atoms. The van der Waals surface area contributed by atoms with Crippen LogP contribution < -0.4 is 14.8 Å². The van der Waals surface area contributed by atoms with Gasteiger partial charge in [0, 0.05) is 5.56 Å². The fraction of sp³-hybridized carbons (Fsp3) is 0.238. The number of hydrogen-bond acceptors (Lipinski definition) is 3. The highest BCUT2D eigenvalue weighted by molar-refractivity contribution is 5.43. The Bertz CT molecular complexity index is 779. The zero-order chi connectivity index (χ0) is 17.5. The van der Waals surface area contributed by atoms with E-state index >= 15 is 0 Å². The molecule has 3 aromatic rings. The molecular formula is C21H24NO3+. The molecule has 1 heterocycles. The van der Waals surface area contributed by atoms with Gasteiger partial charge in [0.1, 0.15) is 19.7 Å². The maximum absolute atomic E-state index is 5.92. The second-order valence-electron chi connectivity index (χ2n) is 6.04. The van der Waals surface area contributed by atoms with Crippen molar-refractivity contribution in [1.29, 1.82) is 0 Å². The van der Waals surface area contributed by atoms with Crippen LogP contribution in [0.15, 0.2) is 65.3 Å². The van der Waals surface area contributed by atoms with Crippen LogP contribution in [-0.4, -0.2) is 7.11 Å². The van der Waals surface area contributed by atoms with Crippen LogP contribution in [0.25, 0.3) is 0 Å². The van der Waals surface area contributed by atoms with Gasteiger partial charge in [-0.15, -0.1) is 0 Å². The van der Waals surface area contributed by atoms with Gasteiger partial charge in [-0.3, -0.25) is 0 Å². The first-order chi connectivity index (χ1) is 12.2. The Morgan fingerprint density at radius 2 is 1.72 bits per heavy atom. The SMILES string of the molecule is COc1cc(C[NH2+]Cc2ccco2)ccc1OCc1ccc(C)cc1. The van der Waals surface area contributed by atoms with Crippen molar-refractivity contribution in [2.45, 2.75) is 26.6 Å². The normalized spacial score (nSPS) is 10.6. The number of benzene rings is 2. The van der Waals surface area contributed by atoms with Gasteiger partial charge >= 0.3 is 0 Å². The zero-order valence-corrected chi connectivity index (χ0v) is 14.7.